The van der Waals surface area contributed by atoms with Crippen LogP contribution < -0.4 is 14.8 Å². The lowest BCUT2D eigenvalue weighted by atomic mass is 9.54. The Morgan fingerprint density at radius 1 is 1.19 bits per heavy atom. The lowest BCUT2D eigenvalue weighted by molar-refractivity contribution is -0.194. The number of benzene rings is 1. The van der Waals surface area contributed by atoms with Crippen LogP contribution in [0.15, 0.2) is 18.2 Å². The third-order valence-corrected chi connectivity index (χ3v) is 5.53. The van der Waals surface area contributed by atoms with Gasteiger partial charge in [-0.05, 0) is 31.0 Å². The van der Waals surface area contributed by atoms with E-state index in [1.165, 1.54) is 0 Å². The summed E-state index contributed by atoms with van der Waals surface area (Å²) in [4.78, 5) is 24.5. The number of ether oxygens (including phenoxy) is 3. The van der Waals surface area contributed by atoms with Crippen molar-refractivity contribution >= 4 is 11.9 Å². The minimum atomic E-state index is -1.31. The molecule has 0 saturated heterocycles. The lowest BCUT2D eigenvalue weighted by Crippen LogP contribution is -2.76. The fourth-order valence-electron chi connectivity index (χ4n) is 3.61. The van der Waals surface area contributed by atoms with E-state index in [0.29, 0.717) is 24.5 Å². The summed E-state index contributed by atoms with van der Waals surface area (Å²) in [6, 6.07) is 5.43. The van der Waals surface area contributed by atoms with Crippen LogP contribution in [0.2, 0.25) is 0 Å². The molecule has 2 rings (SSSR count). The Labute approximate surface area is 160 Å². The second-order valence-electron chi connectivity index (χ2n) is 7.35. The highest BCUT2D eigenvalue weighted by molar-refractivity contribution is 5.89. The van der Waals surface area contributed by atoms with E-state index in [9.17, 15) is 14.7 Å². The maximum atomic E-state index is 12.5. The minimum absolute atomic E-state index is 0.167. The number of amides is 1. The summed E-state index contributed by atoms with van der Waals surface area (Å²) < 4.78 is 16.1. The molecule has 0 spiro atoms. The molecule has 1 aliphatic carbocycles. The summed E-state index contributed by atoms with van der Waals surface area (Å²) in [7, 11) is 3.13. The first-order chi connectivity index (χ1) is 12.7. The van der Waals surface area contributed by atoms with Gasteiger partial charge in [-0.1, -0.05) is 13.8 Å². The van der Waals surface area contributed by atoms with E-state index in [-0.39, 0.29) is 24.9 Å². The fourth-order valence-corrected chi connectivity index (χ4v) is 3.61. The summed E-state index contributed by atoms with van der Waals surface area (Å²) in [5, 5.41) is 12.5. The van der Waals surface area contributed by atoms with Crippen LogP contribution in [0.3, 0.4) is 0 Å². The first-order valence-electron chi connectivity index (χ1n) is 9.08. The van der Waals surface area contributed by atoms with Crippen molar-refractivity contribution in [3.8, 4) is 11.5 Å². The predicted octanol–water partition coefficient (Wildman–Crippen LogP) is 2.41. The Hall–Kier alpha value is -2.28. The van der Waals surface area contributed by atoms with Gasteiger partial charge in [0.05, 0.1) is 20.3 Å². The molecule has 1 amide bonds. The van der Waals surface area contributed by atoms with Gasteiger partial charge in [0.25, 0.3) is 0 Å². The smallest absolute Gasteiger partial charge is 0.330 e. The average molecular weight is 379 g/mol. The Kier molecular flexibility index (Phi) is 6.36. The number of carboxylic acid groups (broad SMARTS) is 1. The largest absolute Gasteiger partial charge is 0.497 e. The zero-order chi connectivity index (χ0) is 20.2. The average Bonchev–Trinajstić information content (AvgIpc) is 2.64. The molecule has 7 nitrogen and oxygen atoms in total. The predicted molar refractivity (Wildman–Crippen MR) is 100 cm³/mol. The molecule has 27 heavy (non-hydrogen) atoms. The first-order valence-corrected chi connectivity index (χ1v) is 9.08. The molecule has 2 atom stereocenters. The van der Waals surface area contributed by atoms with Crippen molar-refractivity contribution in [1.82, 2.24) is 5.32 Å². The Bertz CT molecular complexity index is 679. The van der Waals surface area contributed by atoms with Gasteiger partial charge < -0.3 is 24.6 Å². The number of methoxy groups -OCH3 is 2. The van der Waals surface area contributed by atoms with Crippen LogP contribution in [0.1, 0.15) is 39.2 Å². The molecule has 1 aliphatic rings. The maximum Gasteiger partial charge on any atom is 0.330 e. The highest BCUT2D eigenvalue weighted by Gasteiger charge is 2.66. The number of aryl methyl sites for hydroxylation is 1. The highest BCUT2D eigenvalue weighted by atomic mass is 16.5. The maximum absolute atomic E-state index is 12.5. The van der Waals surface area contributed by atoms with Gasteiger partial charge in [0.1, 0.15) is 17.0 Å². The quantitative estimate of drug-likeness (QED) is 0.684. The fraction of sp³-hybridized carbons (Fsp3) is 0.600. The van der Waals surface area contributed by atoms with Crippen LogP contribution in [0.4, 0.5) is 0 Å². The second-order valence-corrected chi connectivity index (χ2v) is 7.35. The van der Waals surface area contributed by atoms with E-state index in [1.54, 1.807) is 20.3 Å². The standard InChI is InChI=1S/C20H29NO6/c1-6-27-16-12-20(18(23)24,19(16,2)3)21-17(22)8-7-13-9-14(25-4)11-15(10-13)26-5/h9-11,16H,6-8,12H2,1-5H3,(H,21,22)(H,23,24). The van der Waals surface area contributed by atoms with Gasteiger partial charge in [0, 0.05) is 30.9 Å². The first kappa shape index (κ1) is 21.0. The van der Waals surface area contributed by atoms with Crippen LogP contribution in [0.5, 0.6) is 11.5 Å². The van der Waals surface area contributed by atoms with Gasteiger partial charge in [-0.25, -0.2) is 4.79 Å². The topological polar surface area (TPSA) is 94.1 Å². The molecule has 0 aliphatic heterocycles. The van der Waals surface area contributed by atoms with Crippen LogP contribution in [0, 0.1) is 5.41 Å². The normalized spacial score (nSPS) is 23.2. The summed E-state index contributed by atoms with van der Waals surface area (Å²) >= 11 is 0. The number of hydrogen-bond acceptors (Lipinski definition) is 5. The van der Waals surface area contributed by atoms with Crippen molar-refractivity contribution in [2.75, 3.05) is 20.8 Å². The molecule has 1 saturated carbocycles. The van der Waals surface area contributed by atoms with Crippen LogP contribution >= 0.6 is 0 Å². The number of nitrogens with one attached hydrogen (secondary N) is 1. The zero-order valence-corrected chi connectivity index (χ0v) is 16.6. The Morgan fingerprint density at radius 2 is 1.78 bits per heavy atom. The van der Waals surface area contributed by atoms with Gasteiger partial charge in [-0.15, -0.1) is 0 Å². The summed E-state index contributed by atoms with van der Waals surface area (Å²) in [6.45, 7) is 6.02. The minimum Gasteiger partial charge on any atom is -0.497 e. The molecule has 2 unspecified atom stereocenters. The van der Waals surface area contributed by atoms with Crippen LogP contribution in [0.25, 0.3) is 0 Å². The molecule has 1 aromatic rings. The summed E-state index contributed by atoms with van der Waals surface area (Å²) in [5.41, 5.74) is -1.12. The van der Waals surface area contributed by atoms with Crippen LogP contribution in [-0.4, -0.2) is 49.5 Å². The van der Waals surface area contributed by atoms with E-state index in [0.717, 1.165) is 5.56 Å². The van der Waals surface area contributed by atoms with E-state index >= 15 is 0 Å². The van der Waals surface area contributed by atoms with Crippen LogP contribution in [-0.2, 0) is 20.7 Å². The number of carbonyl (C=O) groups is 2. The summed E-state index contributed by atoms with van der Waals surface area (Å²) in [5.74, 6) is -0.0417. The molecule has 7 heteroatoms. The van der Waals surface area contributed by atoms with Crippen molar-refractivity contribution in [2.45, 2.75) is 51.7 Å². The molecule has 0 aromatic heterocycles. The van der Waals surface area contributed by atoms with E-state index < -0.39 is 16.9 Å². The number of rotatable bonds is 9. The van der Waals surface area contributed by atoms with Crippen molar-refractivity contribution in [3.05, 3.63) is 23.8 Å². The van der Waals surface area contributed by atoms with Crippen molar-refractivity contribution in [3.63, 3.8) is 0 Å². The molecule has 0 bridgehead atoms. The molecule has 0 heterocycles. The van der Waals surface area contributed by atoms with Crippen molar-refractivity contribution in [2.24, 2.45) is 5.41 Å². The third-order valence-electron chi connectivity index (χ3n) is 5.53. The Morgan fingerprint density at radius 3 is 2.22 bits per heavy atom. The molecule has 1 aromatic carbocycles. The Balaban J connectivity index is 2.05. The van der Waals surface area contributed by atoms with Gasteiger partial charge in [-0.2, -0.15) is 0 Å². The molecule has 0 radical (unpaired) electrons. The highest BCUT2D eigenvalue weighted by Crippen LogP contribution is 2.51. The van der Waals surface area contributed by atoms with Gasteiger partial charge in [-0.3, -0.25) is 4.79 Å². The van der Waals surface area contributed by atoms with E-state index in [2.05, 4.69) is 5.32 Å². The third kappa shape index (κ3) is 4.03. The molecule has 2 N–H and O–H groups in total. The molecular weight excluding hydrogens is 350 g/mol. The molecule has 150 valence electrons. The van der Waals surface area contributed by atoms with E-state index in [1.807, 2.05) is 32.9 Å². The number of carbonyl (C=O) groups excluding carboxylic acids is 1. The monoisotopic (exact) mass is 379 g/mol. The lowest BCUT2D eigenvalue weighted by Gasteiger charge is -2.58. The number of carboxylic acids is 1. The number of hydrogen-bond donors (Lipinski definition) is 2. The van der Waals surface area contributed by atoms with Gasteiger partial charge in [0.15, 0.2) is 0 Å². The molecular formula is C20H29NO6. The van der Waals surface area contributed by atoms with Gasteiger partial charge >= 0.3 is 5.97 Å². The van der Waals surface area contributed by atoms with E-state index in [4.69, 9.17) is 14.2 Å². The zero-order valence-electron chi connectivity index (χ0n) is 16.6. The van der Waals surface area contributed by atoms with Crippen molar-refractivity contribution in [1.29, 1.82) is 0 Å². The van der Waals surface area contributed by atoms with Crippen molar-refractivity contribution < 1.29 is 28.9 Å². The number of aliphatic carboxylic acids is 1. The molecule has 1 fully saturated rings. The van der Waals surface area contributed by atoms with Gasteiger partial charge in [0.2, 0.25) is 5.91 Å². The summed E-state index contributed by atoms with van der Waals surface area (Å²) in [6.07, 6.45) is 0.689. The second kappa shape index (κ2) is 8.17. The SMILES string of the molecule is CCOC1CC(NC(=O)CCc2cc(OC)cc(OC)c2)(C(=O)O)C1(C)C.